The Kier molecular flexibility index (Phi) is 7.94. The molecule has 4 atom stereocenters. The molecule has 4 unspecified atom stereocenters. The summed E-state index contributed by atoms with van der Waals surface area (Å²) in [6, 6.07) is 12.6. The monoisotopic (exact) mass is 627 g/mol. The topological polar surface area (TPSA) is 112 Å². The number of aliphatic carboxylic acids is 1. The second kappa shape index (κ2) is 11.5. The molecule has 2 amide bonds. The summed E-state index contributed by atoms with van der Waals surface area (Å²) in [5, 5.41) is 9.67. The van der Waals surface area contributed by atoms with Gasteiger partial charge in [0.1, 0.15) is 0 Å². The summed E-state index contributed by atoms with van der Waals surface area (Å²) in [6.45, 7) is 9.35. The van der Waals surface area contributed by atoms with Crippen molar-refractivity contribution in [2.24, 2.45) is 23.7 Å². The van der Waals surface area contributed by atoms with E-state index in [1.54, 1.807) is 0 Å². The van der Waals surface area contributed by atoms with Gasteiger partial charge in [0, 0.05) is 54.7 Å². The quantitative estimate of drug-likeness (QED) is 0.401. The van der Waals surface area contributed by atoms with Gasteiger partial charge in [0.25, 0.3) is 5.54 Å². The standard InChI is InChI=1S/C19H20N2O.C19H21NO3.Li.H2O/c1-20-19(7-2-8-19)14-5-6-17-16(10-14)15-9-13(15)11-21(17)18(22)12-3-4-12;21-17(11-2-3-11)20-10-12-8-14(12)15-9-13(4-5-16(15)20)19(18(22)23)6-1-7-19;;/h5-6,10,12-13,15H,2-4,7-9,11H2;4-5,9,11-12,14H,1-3,6-8,10H2,(H,22,23);;1H2/q;;+1;/p-1. The number of rotatable bonds is 5. The summed E-state index contributed by atoms with van der Waals surface area (Å²) >= 11 is 0. The SMILES string of the molecule is O=C(C1CC1)N1CC2CC2c2cc(C3(C(=O)O)CCC3)ccc21.[C-]#[N+]C1(c2ccc3c(c2)C2CC2CN3C(=O)C2CC2)CCC1.[Li+].[OH-]. The van der Waals surface area contributed by atoms with Crippen LogP contribution in [0.5, 0.6) is 0 Å². The normalized spacial score (nSPS) is 29.0. The van der Waals surface area contributed by atoms with Gasteiger partial charge in [-0.3, -0.25) is 14.4 Å². The Bertz CT molecular complexity index is 1680. The van der Waals surface area contributed by atoms with Crippen molar-refractivity contribution in [2.45, 2.75) is 99.8 Å². The third kappa shape index (κ3) is 5.16. The van der Waals surface area contributed by atoms with Gasteiger partial charge in [0.05, 0.1) is 5.41 Å². The average molecular weight is 628 g/mol. The van der Waals surface area contributed by atoms with Crippen LogP contribution in [0, 0.1) is 30.2 Å². The molecule has 2 aromatic rings. The van der Waals surface area contributed by atoms with E-state index in [9.17, 15) is 19.5 Å². The van der Waals surface area contributed by atoms with E-state index in [0.29, 0.717) is 29.6 Å². The van der Waals surface area contributed by atoms with Crippen LogP contribution in [0.25, 0.3) is 4.85 Å². The Balaban J connectivity index is 0.000000143. The number of hydrogen-bond acceptors (Lipinski definition) is 4. The number of carboxylic acids is 1. The minimum Gasteiger partial charge on any atom is -0.870 e. The van der Waals surface area contributed by atoms with Crippen molar-refractivity contribution in [3.63, 3.8) is 0 Å². The van der Waals surface area contributed by atoms with E-state index in [0.717, 1.165) is 101 Å². The minimum atomic E-state index is -0.697. The Morgan fingerprint density at radius 2 is 1.21 bits per heavy atom. The number of amides is 2. The maximum Gasteiger partial charge on any atom is 1.00 e. The van der Waals surface area contributed by atoms with Gasteiger partial charge in [-0.1, -0.05) is 18.6 Å². The molecule has 10 rings (SSSR count). The Hall–Kier alpha value is -3.10. The summed E-state index contributed by atoms with van der Waals surface area (Å²) in [7, 11) is 0. The zero-order valence-corrected chi connectivity index (χ0v) is 27.3. The van der Waals surface area contributed by atoms with E-state index in [1.807, 2.05) is 17.0 Å². The molecule has 0 bridgehead atoms. The van der Waals surface area contributed by atoms with Crippen LogP contribution in [0.2, 0.25) is 0 Å². The summed E-state index contributed by atoms with van der Waals surface area (Å²) in [5.74, 6) is 2.86. The molecule has 240 valence electrons. The van der Waals surface area contributed by atoms with Gasteiger partial charge in [0.15, 0.2) is 0 Å². The van der Waals surface area contributed by atoms with E-state index in [2.05, 4.69) is 34.0 Å². The minimum absolute atomic E-state index is 0. The molecule has 2 aliphatic heterocycles. The summed E-state index contributed by atoms with van der Waals surface area (Å²) in [5.41, 5.74) is 5.95. The number of anilines is 2. The predicted octanol–water partition coefficient (Wildman–Crippen LogP) is 3.73. The Morgan fingerprint density at radius 1 is 0.745 bits per heavy atom. The second-order valence-corrected chi connectivity index (χ2v) is 15.4. The van der Waals surface area contributed by atoms with Crippen LogP contribution in [-0.2, 0) is 25.3 Å². The van der Waals surface area contributed by atoms with Crippen LogP contribution in [0.15, 0.2) is 36.4 Å². The fourth-order valence-corrected chi connectivity index (χ4v) is 8.76. The number of carbonyl (C=O) groups excluding carboxylic acids is 2. The first kappa shape index (κ1) is 32.4. The molecule has 0 spiro atoms. The van der Waals surface area contributed by atoms with E-state index in [4.69, 9.17) is 6.57 Å². The Labute approximate surface area is 288 Å². The van der Waals surface area contributed by atoms with Crippen LogP contribution < -0.4 is 28.7 Å². The summed E-state index contributed by atoms with van der Waals surface area (Å²) in [6.07, 6.45) is 12.2. The molecular formula is C38H42LiN3O5. The first-order valence-electron chi connectivity index (χ1n) is 17.4. The van der Waals surface area contributed by atoms with E-state index in [-0.39, 0.29) is 47.6 Å². The molecule has 2 aromatic carbocycles. The van der Waals surface area contributed by atoms with Gasteiger partial charge in [-0.25, -0.2) is 6.57 Å². The molecule has 0 radical (unpaired) electrons. The molecule has 6 aliphatic carbocycles. The van der Waals surface area contributed by atoms with Crippen molar-refractivity contribution in [1.82, 2.24) is 0 Å². The van der Waals surface area contributed by atoms with Crippen LogP contribution in [-0.4, -0.2) is 41.5 Å². The predicted molar refractivity (Wildman–Crippen MR) is 172 cm³/mol. The van der Waals surface area contributed by atoms with Gasteiger partial charge in [-0.05, 0) is 122 Å². The van der Waals surface area contributed by atoms with Crippen LogP contribution in [0.3, 0.4) is 0 Å². The van der Waals surface area contributed by atoms with E-state index >= 15 is 0 Å². The molecule has 8 nitrogen and oxygen atoms in total. The summed E-state index contributed by atoms with van der Waals surface area (Å²) in [4.78, 5) is 44.9. The molecule has 2 heterocycles. The van der Waals surface area contributed by atoms with Crippen LogP contribution >= 0.6 is 0 Å². The maximum atomic E-state index is 12.6. The first-order chi connectivity index (χ1) is 21.8. The molecule has 9 heteroatoms. The van der Waals surface area contributed by atoms with Gasteiger partial charge >= 0.3 is 24.8 Å². The van der Waals surface area contributed by atoms with Gasteiger partial charge in [-0.2, -0.15) is 0 Å². The number of hydrogen-bond donors (Lipinski definition) is 1. The first-order valence-corrected chi connectivity index (χ1v) is 17.4. The van der Waals surface area contributed by atoms with Crippen molar-refractivity contribution in [1.29, 1.82) is 0 Å². The largest absolute Gasteiger partial charge is 1.00 e. The molecule has 8 aliphatic rings. The molecule has 47 heavy (non-hydrogen) atoms. The van der Waals surface area contributed by atoms with Gasteiger partial charge < -0.3 is 25.2 Å². The fourth-order valence-electron chi connectivity index (χ4n) is 8.76. The number of benzene rings is 2. The molecule has 0 saturated heterocycles. The van der Waals surface area contributed by atoms with E-state index < -0.39 is 11.4 Å². The van der Waals surface area contributed by atoms with Crippen molar-refractivity contribution in [3.05, 3.63) is 70.1 Å². The van der Waals surface area contributed by atoms with Crippen LogP contribution in [0.1, 0.15) is 111 Å². The zero-order valence-electron chi connectivity index (χ0n) is 27.3. The number of fused-ring (bicyclic) bond motifs is 6. The maximum absolute atomic E-state index is 12.6. The van der Waals surface area contributed by atoms with Crippen LogP contribution in [0.4, 0.5) is 11.4 Å². The molecule has 0 aromatic heterocycles. The van der Waals surface area contributed by atoms with Crippen molar-refractivity contribution in [3.8, 4) is 0 Å². The number of carboxylic acid groups (broad SMARTS) is 1. The summed E-state index contributed by atoms with van der Waals surface area (Å²) < 4.78 is 0. The van der Waals surface area contributed by atoms with Crippen molar-refractivity contribution >= 4 is 29.2 Å². The third-order valence-electron chi connectivity index (χ3n) is 12.6. The van der Waals surface area contributed by atoms with Gasteiger partial charge in [-0.15, -0.1) is 0 Å². The Morgan fingerprint density at radius 3 is 1.60 bits per heavy atom. The number of carbonyl (C=O) groups is 3. The second-order valence-electron chi connectivity index (χ2n) is 15.4. The molecule has 2 N–H and O–H groups in total. The van der Waals surface area contributed by atoms with Crippen molar-refractivity contribution in [2.75, 3.05) is 22.9 Å². The third-order valence-corrected chi connectivity index (χ3v) is 12.6. The van der Waals surface area contributed by atoms with Gasteiger partial charge in [0.2, 0.25) is 11.8 Å². The van der Waals surface area contributed by atoms with E-state index in [1.165, 1.54) is 23.1 Å². The van der Waals surface area contributed by atoms with Crippen molar-refractivity contribution < 1.29 is 43.8 Å². The fraction of sp³-hybridized carbons (Fsp3) is 0.579. The number of nitrogens with zero attached hydrogens (tertiary/aromatic N) is 3. The smallest absolute Gasteiger partial charge is 0.870 e. The average Bonchev–Trinajstić information content (AvgIpc) is 3.83. The molecule has 6 fully saturated rings. The molecular weight excluding hydrogens is 585 g/mol. The molecule has 6 saturated carbocycles. The zero-order chi connectivity index (χ0) is 30.7.